The summed E-state index contributed by atoms with van der Waals surface area (Å²) in [4.78, 5) is 15.1. The van der Waals surface area contributed by atoms with Gasteiger partial charge in [0.25, 0.3) is 0 Å². The summed E-state index contributed by atoms with van der Waals surface area (Å²) in [5.41, 5.74) is 0.679. The van der Waals surface area contributed by atoms with Crippen LogP contribution in [0.3, 0.4) is 0 Å². The quantitative estimate of drug-likeness (QED) is 0.755. The summed E-state index contributed by atoms with van der Waals surface area (Å²) in [5, 5.41) is 0. The van der Waals surface area contributed by atoms with Crippen molar-refractivity contribution >= 4 is 5.78 Å². The molecule has 2 rings (SSSR count). The number of ketones is 1. The minimum atomic E-state index is 0.174. The van der Waals surface area contributed by atoms with Gasteiger partial charge >= 0.3 is 0 Å². The second kappa shape index (κ2) is 7.63. The van der Waals surface area contributed by atoms with Crippen LogP contribution in [0.4, 0.5) is 0 Å². The molecule has 1 atom stereocenters. The van der Waals surface area contributed by atoms with Gasteiger partial charge in [0.1, 0.15) is 11.5 Å². The smallest absolute Gasteiger partial charge is 0.163 e. The van der Waals surface area contributed by atoms with Crippen LogP contribution in [0.15, 0.2) is 18.2 Å². The van der Waals surface area contributed by atoms with Crippen molar-refractivity contribution in [3.05, 3.63) is 23.8 Å². The molecule has 0 aromatic heterocycles. The van der Waals surface area contributed by atoms with Gasteiger partial charge in [-0.15, -0.1) is 0 Å². The predicted molar refractivity (Wildman–Crippen MR) is 87.9 cm³/mol. The highest BCUT2D eigenvalue weighted by atomic mass is 16.5. The van der Waals surface area contributed by atoms with E-state index in [0.29, 0.717) is 35.4 Å². The largest absolute Gasteiger partial charge is 0.497 e. The number of carbonyl (C=O) groups excluding carboxylic acids is 1. The van der Waals surface area contributed by atoms with Crippen molar-refractivity contribution < 1.29 is 14.3 Å². The molecule has 0 unspecified atom stereocenters. The number of nitrogens with zero attached hydrogens (tertiary/aromatic N) is 1. The molecule has 1 fully saturated rings. The average molecular weight is 305 g/mol. The highest BCUT2D eigenvalue weighted by molar-refractivity contribution is 5.97. The molecular weight excluding hydrogens is 278 g/mol. The summed E-state index contributed by atoms with van der Waals surface area (Å²) in [6.45, 7) is 6.61. The zero-order chi connectivity index (χ0) is 16.1. The molecule has 4 nitrogen and oxygen atoms in total. The number of Topliss-reactive ketones (excluding diaryl/α,β-unsaturated/α-hetero) is 1. The lowest BCUT2D eigenvalue weighted by Crippen LogP contribution is -2.40. The highest BCUT2D eigenvalue weighted by Gasteiger charge is 2.24. The van der Waals surface area contributed by atoms with Crippen molar-refractivity contribution in [2.45, 2.75) is 39.2 Å². The van der Waals surface area contributed by atoms with Crippen LogP contribution < -0.4 is 9.47 Å². The minimum Gasteiger partial charge on any atom is -0.497 e. The van der Waals surface area contributed by atoms with Gasteiger partial charge in [-0.05, 0) is 51.3 Å². The van der Waals surface area contributed by atoms with Crippen LogP contribution in [-0.4, -0.2) is 44.0 Å². The molecule has 22 heavy (non-hydrogen) atoms. The third-order valence-electron chi connectivity index (χ3n) is 4.43. The van der Waals surface area contributed by atoms with E-state index in [4.69, 9.17) is 9.47 Å². The molecule has 0 spiro atoms. The van der Waals surface area contributed by atoms with Crippen molar-refractivity contribution in [1.82, 2.24) is 4.90 Å². The predicted octanol–water partition coefficient (Wildman–Crippen LogP) is 3.40. The molecule has 1 aromatic rings. The van der Waals surface area contributed by atoms with Crippen LogP contribution in [0, 0.1) is 5.92 Å². The maximum atomic E-state index is 12.6. The van der Waals surface area contributed by atoms with Gasteiger partial charge < -0.3 is 14.4 Å². The van der Waals surface area contributed by atoms with Crippen LogP contribution in [-0.2, 0) is 0 Å². The number of likely N-dealkylation sites (tertiary alicyclic amines) is 1. The third-order valence-corrected chi connectivity index (χ3v) is 4.43. The van der Waals surface area contributed by atoms with Crippen LogP contribution in [0.5, 0.6) is 11.5 Å². The Morgan fingerprint density at radius 1 is 1.23 bits per heavy atom. The van der Waals surface area contributed by atoms with Crippen molar-refractivity contribution in [3.8, 4) is 11.5 Å². The molecule has 0 N–H and O–H groups in total. The van der Waals surface area contributed by atoms with Crippen molar-refractivity contribution in [2.75, 3.05) is 27.3 Å². The SMILES string of the molecule is COc1cc(OC)cc(C(=O)C[C@@H]2CCCN(C(C)C)C2)c1. The first-order valence-corrected chi connectivity index (χ1v) is 8.03. The number of ether oxygens (including phenoxy) is 2. The second-order valence-electron chi connectivity index (χ2n) is 6.33. The Hall–Kier alpha value is -1.55. The molecule has 4 heteroatoms. The van der Waals surface area contributed by atoms with Gasteiger partial charge in [-0.25, -0.2) is 0 Å². The number of piperidine rings is 1. The minimum absolute atomic E-state index is 0.174. The summed E-state index contributed by atoms with van der Waals surface area (Å²) < 4.78 is 10.5. The first-order chi connectivity index (χ1) is 10.5. The molecule has 1 aromatic carbocycles. The van der Waals surface area contributed by atoms with Gasteiger partial charge in [-0.1, -0.05) is 0 Å². The zero-order valence-electron chi connectivity index (χ0n) is 14.1. The fourth-order valence-electron chi connectivity index (χ4n) is 3.08. The van der Waals surface area contributed by atoms with Crippen LogP contribution in [0.25, 0.3) is 0 Å². The standard InChI is InChI=1S/C18H27NO3/c1-13(2)19-7-5-6-14(12-19)8-18(20)15-9-16(21-3)11-17(10-15)22-4/h9-11,13-14H,5-8,12H2,1-4H3/t14-/m0/s1. The number of hydrogen-bond acceptors (Lipinski definition) is 4. The molecule has 0 bridgehead atoms. The molecule has 1 saturated heterocycles. The molecule has 122 valence electrons. The van der Waals surface area contributed by atoms with Crippen molar-refractivity contribution in [1.29, 1.82) is 0 Å². The highest BCUT2D eigenvalue weighted by Crippen LogP contribution is 2.27. The first kappa shape index (κ1) is 16.8. The van der Waals surface area contributed by atoms with Gasteiger partial charge in [-0.3, -0.25) is 4.79 Å². The Morgan fingerprint density at radius 2 is 1.86 bits per heavy atom. The van der Waals surface area contributed by atoms with Crippen molar-refractivity contribution in [2.24, 2.45) is 5.92 Å². The monoisotopic (exact) mass is 305 g/mol. The molecule has 1 heterocycles. The summed E-state index contributed by atoms with van der Waals surface area (Å²) in [6, 6.07) is 5.94. The van der Waals surface area contributed by atoms with E-state index >= 15 is 0 Å². The number of hydrogen-bond donors (Lipinski definition) is 0. The zero-order valence-corrected chi connectivity index (χ0v) is 14.1. The maximum Gasteiger partial charge on any atom is 0.163 e. The van der Waals surface area contributed by atoms with Crippen molar-refractivity contribution in [3.63, 3.8) is 0 Å². The van der Waals surface area contributed by atoms with E-state index in [2.05, 4.69) is 18.7 Å². The first-order valence-electron chi connectivity index (χ1n) is 8.03. The molecule has 0 radical (unpaired) electrons. The molecule has 1 aliphatic rings. The van der Waals surface area contributed by atoms with E-state index in [1.165, 1.54) is 6.42 Å². The van der Waals surface area contributed by atoms with Crippen LogP contribution >= 0.6 is 0 Å². The lowest BCUT2D eigenvalue weighted by Gasteiger charge is -2.35. The topological polar surface area (TPSA) is 38.8 Å². The number of benzene rings is 1. The Bertz CT molecular complexity index is 491. The summed E-state index contributed by atoms with van der Waals surface area (Å²) in [7, 11) is 3.20. The molecule has 1 aliphatic heterocycles. The Morgan fingerprint density at radius 3 is 2.41 bits per heavy atom. The number of rotatable bonds is 6. The summed E-state index contributed by atoms with van der Waals surface area (Å²) >= 11 is 0. The fourth-order valence-corrected chi connectivity index (χ4v) is 3.08. The van der Waals surface area contributed by atoms with E-state index in [-0.39, 0.29) is 5.78 Å². The molecule has 0 amide bonds. The molecular formula is C18H27NO3. The summed E-state index contributed by atoms with van der Waals surface area (Å²) in [6.07, 6.45) is 2.91. The van der Waals surface area contributed by atoms with E-state index in [1.54, 1.807) is 32.4 Å². The van der Waals surface area contributed by atoms with Gasteiger partial charge in [0.2, 0.25) is 0 Å². The second-order valence-corrected chi connectivity index (χ2v) is 6.33. The van der Waals surface area contributed by atoms with Gasteiger partial charge in [0.15, 0.2) is 5.78 Å². The number of carbonyl (C=O) groups is 1. The van der Waals surface area contributed by atoms with E-state index in [1.807, 2.05) is 0 Å². The van der Waals surface area contributed by atoms with E-state index in [0.717, 1.165) is 19.5 Å². The molecule has 0 saturated carbocycles. The van der Waals surface area contributed by atoms with Gasteiger partial charge in [-0.2, -0.15) is 0 Å². The Kier molecular flexibility index (Phi) is 5.83. The lowest BCUT2D eigenvalue weighted by atomic mass is 9.90. The van der Waals surface area contributed by atoms with E-state index in [9.17, 15) is 4.79 Å². The lowest BCUT2D eigenvalue weighted by molar-refractivity contribution is 0.0889. The fraction of sp³-hybridized carbons (Fsp3) is 0.611. The van der Waals surface area contributed by atoms with E-state index < -0.39 is 0 Å². The Labute approximate surface area is 133 Å². The van der Waals surface area contributed by atoms with Crippen LogP contribution in [0.2, 0.25) is 0 Å². The molecule has 0 aliphatic carbocycles. The third kappa shape index (κ3) is 4.23. The normalized spacial score (nSPS) is 19.2. The van der Waals surface area contributed by atoms with Gasteiger partial charge in [0, 0.05) is 30.6 Å². The average Bonchev–Trinajstić information content (AvgIpc) is 2.54. The Balaban J connectivity index is 2.05. The summed E-state index contributed by atoms with van der Waals surface area (Å²) in [5.74, 6) is 1.94. The maximum absolute atomic E-state index is 12.6. The number of methoxy groups -OCH3 is 2. The van der Waals surface area contributed by atoms with Gasteiger partial charge in [0.05, 0.1) is 14.2 Å². The van der Waals surface area contributed by atoms with Crippen LogP contribution in [0.1, 0.15) is 43.5 Å².